The quantitative estimate of drug-likeness (QED) is 0.800. The van der Waals surface area contributed by atoms with Crippen LogP contribution in [0.1, 0.15) is 21.8 Å². The minimum Gasteiger partial charge on any atom is -0.330 e. The largest absolute Gasteiger partial charge is 0.330 e. The summed E-state index contributed by atoms with van der Waals surface area (Å²) >= 11 is 1.75. The Balaban J connectivity index is 2.24. The van der Waals surface area contributed by atoms with Gasteiger partial charge in [-0.1, -0.05) is 29.8 Å². The zero-order chi connectivity index (χ0) is 14.3. The summed E-state index contributed by atoms with van der Waals surface area (Å²) < 4.78 is 2.27. The first-order valence-corrected chi connectivity index (χ1v) is 7.68. The maximum atomic E-state index is 5.80. The summed E-state index contributed by atoms with van der Waals surface area (Å²) in [6.45, 7) is 7.04. The van der Waals surface area contributed by atoms with Crippen molar-refractivity contribution in [1.82, 2.24) is 9.38 Å². The Morgan fingerprint density at radius 3 is 2.50 bits per heavy atom. The fourth-order valence-electron chi connectivity index (χ4n) is 2.52. The molecule has 0 unspecified atom stereocenters. The Labute approximate surface area is 123 Å². The summed E-state index contributed by atoms with van der Waals surface area (Å²) in [7, 11) is 0. The highest BCUT2D eigenvalue weighted by Gasteiger charge is 2.17. The van der Waals surface area contributed by atoms with Crippen molar-refractivity contribution < 1.29 is 0 Å². The van der Waals surface area contributed by atoms with Gasteiger partial charge in [0.05, 0.1) is 11.4 Å². The number of benzene rings is 1. The summed E-state index contributed by atoms with van der Waals surface area (Å²) in [5.41, 5.74) is 11.8. The van der Waals surface area contributed by atoms with Crippen molar-refractivity contribution in [1.29, 1.82) is 0 Å². The molecule has 0 aliphatic carbocycles. The predicted molar refractivity (Wildman–Crippen MR) is 85.5 cm³/mol. The number of nitrogens with zero attached hydrogens (tertiary/aromatic N) is 2. The van der Waals surface area contributed by atoms with Gasteiger partial charge >= 0.3 is 0 Å². The minimum atomic E-state index is 0.640. The van der Waals surface area contributed by atoms with Gasteiger partial charge in [0.15, 0.2) is 4.96 Å². The van der Waals surface area contributed by atoms with E-state index < -0.39 is 0 Å². The first kappa shape index (κ1) is 13.3. The fraction of sp³-hybridized carbons (Fsp3) is 0.312. The molecule has 0 saturated carbocycles. The van der Waals surface area contributed by atoms with E-state index in [2.05, 4.69) is 49.4 Å². The smallest absolute Gasteiger partial charge is 0.194 e. The molecule has 2 aromatic heterocycles. The van der Waals surface area contributed by atoms with Gasteiger partial charge in [-0.15, -0.1) is 11.3 Å². The molecular weight excluding hydrogens is 266 g/mol. The van der Waals surface area contributed by atoms with E-state index in [9.17, 15) is 0 Å². The molecule has 0 fully saturated rings. The van der Waals surface area contributed by atoms with Gasteiger partial charge in [-0.25, -0.2) is 4.98 Å². The number of thiazole rings is 1. The van der Waals surface area contributed by atoms with Crippen molar-refractivity contribution in [2.45, 2.75) is 27.2 Å². The van der Waals surface area contributed by atoms with E-state index >= 15 is 0 Å². The molecule has 3 rings (SSSR count). The zero-order valence-corrected chi connectivity index (χ0v) is 12.9. The maximum absolute atomic E-state index is 5.80. The Kier molecular flexibility index (Phi) is 3.36. The van der Waals surface area contributed by atoms with E-state index in [1.54, 1.807) is 11.3 Å². The lowest BCUT2D eigenvalue weighted by atomic mass is 10.1. The molecule has 2 heterocycles. The van der Waals surface area contributed by atoms with E-state index in [1.807, 2.05) is 0 Å². The summed E-state index contributed by atoms with van der Waals surface area (Å²) in [5.74, 6) is 0. The van der Waals surface area contributed by atoms with Crippen LogP contribution in [-0.2, 0) is 6.42 Å². The van der Waals surface area contributed by atoms with Crippen LogP contribution in [0.15, 0.2) is 24.3 Å². The van der Waals surface area contributed by atoms with Crippen LogP contribution < -0.4 is 5.73 Å². The molecule has 0 amide bonds. The average molecular weight is 285 g/mol. The number of rotatable bonds is 3. The first-order chi connectivity index (χ1) is 9.61. The number of aromatic nitrogens is 2. The molecule has 0 aliphatic heterocycles. The van der Waals surface area contributed by atoms with Crippen molar-refractivity contribution in [2.75, 3.05) is 6.54 Å². The third-order valence-electron chi connectivity index (χ3n) is 3.74. The van der Waals surface area contributed by atoms with Crippen molar-refractivity contribution in [3.63, 3.8) is 0 Å². The summed E-state index contributed by atoms with van der Waals surface area (Å²) in [6, 6.07) is 8.55. The van der Waals surface area contributed by atoms with Gasteiger partial charge in [0.2, 0.25) is 0 Å². The summed E-state index contributed by atoms with van der Waals surface area (Å²) in [6.07, 6.45) is 0.849. The third kappa shape index (κ3) is 2.05. The number of fused-ring (bicyclic) bond motifs is 1. The Hall–Kier alpha value is -1.65. The number of nitrogens with two attached hydrogens (primary N) is 1. The lowest BCUT2D eigenvalue weighted by molar-refractivity contribution is 0.895. The molecule has 0 spiro atoms. The monoisotopic (exact) mass is 285 g/mol. The van der Waals surface area contributed by atoms with Gasteiger partial charge in [-0.3, -0.25) is 4.40 Å². The second-order valence-corrected chi connectivity index (χ2v) is 6.36. The van der Waals surface area contributed by atoms with Crippen LogP contribution in [0, 0.1) is 20.8 Å². The van der Waals surface area contributed by atoms with Crippen LogP contribution in [0.4, 0.5) is 0 Å². The highest BCUT2D eigenvalue weighted by atomic mass is 32.1. The molecule has 20 heavy (non-hydrogen) atoms. The molecule has 0 aliphatic rings. The topological polar surface area (TPSA) is 43.3 Å². The fourth-order valence-corrected chi connectivity index (χ4v) is 3.51. The minimum absolute atomic E-state index is 0.640. The first-order valence-electron chi connectivity index (χ1n) is 6.86. The highest BCUT2D eigenvalue weighted by Crippen LogP contribution is 2.31. The number of aryl methyl sites for hydroxylation is 3. The molecule has 0 saturated heterocycles. The van der Waals surface area contributed by atoms with Crippen LogP contribution in [0.25, 0.3) is 16.2 Å². The van der Waals surface area contributed by atoms with Gasteiger partial charge in [0.25, 0.3) is 0 Å². The molecule has 104 valence electrons. The number of hydrogen-bond acceptors (Lipinski definition) is 3. The van der Waals surface area contributed by atoms with Crippen LogP contribution in [0.2, 0.25) is 0 Å². The molecular formula is C16H19N3S. The molecule has 0 atom stereocenters. The van der Waals surface area contributed by atoms with Gasteiger partial charge in [-0.2, -0.15) is 0 Å². The second kappa shape index (κ2) is 5.04. The normalized spacial score (nSPS) is 11.4. The Morgan fingerprint density at radius 2 is 1.85 bits per heavy atom. The van der Waals surface area contributed by atoms with E-state index in [0.717, 1.165) is 17.1 Å². The SMILES string of the molecule is Cc1ccc(-c2nc3sc(C)c(C)n3c2CCN)cc1. The highest BCUT2D eigenvalue weighted by molar-refractivity contribution is 7.17. The standard InChI is InChI=1S/C16H19N3S/c1-10-4-6-13(7-5-10)15-14(8-9-17)19-11(2)12(3)20-16(19)18-15/h4-7H,8-9,17H2,1-3H3. The molecule has 0 bridgehead atoms. The van der Waals surface area contributed by atoms with Crippen molar-refractivity contribution in [3.05, 3.63) is 46.1 Å². The van der Waals surface area contributed by atoms with E-state index in [1.165, 1.54) is 27.4 Å². The molecule has 3 nitrogen and oxygen atoms in total. The molecule has 3 aromatic rings. The van der Waals surface area contributed by atoms with Crippen molar-refractivity contribution in [3.8, 4) is 11.3 Å². The molecule has 4 heteroatoms. The average Bonchev–Trinajstić information content (AvgIpc) is 2.90. The molecule has 1 aromatic carbocycles. The molecule has 0 radical (unpaired) electrons. The van der Waals surface area contributed by atoms with Crippen LogP contribution in [0.3, 0.4) is 0 Å². The van der Waals surface area contributed by atoms with Crippen LogP contribution in [0.5, 0.6) is 0 Å². The van der Waals surface area contributed by atoms with Crippen LogP contribution >= 0.6 is 11.3 Å². The van der Waals surface area contributed by atoms with Gasteiger partial charge in [0.1, 0.15) is 0 Å². The maximum Gasteiger partial charge on any atom is 0.194 e. The van der Waals surface area contributed by atoms with Gasteiger partial charge in [0, 0.05) is 22.6 Å². The Bertz CT molecular complexity index is 750. The lowest BCUT2D eigenvalue weighted by Crippen LogP contribution is -2.06. The van der Waals surface area contributed by atoms with Gasteiger partial charge < -0.3 is 5.73 Å². The third-order valence-corrected chi connectivity index (χ3v) is 4.80. The summed E-state index contributed by atoms with van der Waals surface area (Å²) in [5, 5.41) is 0. The number of imidazole rings is 1. The number of hydrogen-bond donors (Lipinski definition) is 1. The zero-order valence-electron chi connectivity index (χ0n) is 12.1. The van der Waals surface area contributed by atoms with Crippen molar-refractivity contribution >= 4 is 16.3 Å². The lowest BCUT2D eigenvalue weighted by Gasteiger charge is -2.05. The van der Waals surface area contributed by atoms with Crippen LogP contribution in [-0.4, -0.2) is 15.9 Å². The molecule has 2 N–H and O–H groups in total. The van der Waals surface area contributed by atoms with Crippen molar-refractivity contribution in [2.24, 2.45) is 5.73 Å². The van der Waals surface area contributed by atoms with Gasteiger partial charge in [-0.05, 0) is 27.3 Å². The van der Waals surface area contributed by atoms with E-state index in [-0.39, 0.29) is 0 Å². The van der Waals surface area contributed by atoms with E-state index in [0.29, 0.717) is 6.54 Å². The predicted octanol–water partition coefficient (Wildman–Crippen LogP) is 3.49. The second-order valence-electron chi connectivity index (χ2n) is 5.17. The Morgan fingerprint density at radius 1 is 1.15 bits per heavy atom. The summed E-state index contributed by atoms with van der Waals surface area (Å²) in [4.78, 5) is 7.23. The van der Waals surface area contributed by atoms with E-state index in [4.69, 9.17) is 10.7 Å².